The van der Waals surface area contributed by atoms with Gasteiger partial charge in [-0.25, -0.2) is 4.98 Å². The quantitative estimate of drug-likeness (QED) is 0.567. The number of methoxy groups -OCH3 is 1. The second-order valence-electron chi connectivity index (χ2n) is 6.25. The molecule has 0 atom stereocenters. The number of nitrogens with one attached hydrogen (secondary N) is 1. The lowest BCUT2D eigenvalue weighted by molar-refractivity contribution is 0.380. The lowest BCUT2D eigenvalue weighted by Gasteiger charge is -2.05. The van der Waals surface area contributed by atoms with Crippen LogP contribution in [0.4, 0.5) is 0 Å². The molecule has 0 bridgehead atoms. The van der Waals surface area contributed by atoms with Crippen molar-refractivity contribution in [1.29, 1.82) is 0 Å². The second kappa shape index (κ2) is 7.06. The molecule has 0 fully saturated rings. The number of aromatic amines is 1. The zero-order valence-corrected chi connectivity index (χ0v) is 15.2. The van der Waals surface area contributed by atoms with Crippen LogP contribution in [-0.4, -0.2) is 36.4 Å². The molecule has 4 rings (SSSR count). The number of hydrogen-bond acceptors (Lipinski definition) is 5. The van der Waals surface area contributed by atoms with Gasteiger partial charge in [-0.3, -0.25) is 14.5 Å². The Morgan fingerprint density at radius 1 is 1.19 bits per heavy atom. The van der Waals surface area contributed by atoms with Crippen LogP contribution in [-0.2, 0) is 13.1 Å². The van der Waals surface area contributed by atoms with Crippen LogP contribution in [0.3, 0.4) is 0 Å². The summed E-state index contributed by atoms with van der Waals surface area (Å²) >= 11 is 0. The fourth-order valence-electron chi connectivity index (χ4n) is 3.12. The summed E-state index contributed by atoms with van der Waals surface area (Å²) in [4.78, 5) is 24.0. The van der Waals surface area contributed by atoms with Crippen LogP contribution in [0.5, 0.6) is 6.01 Å². The highest BCUT2D eigenvalue weighted by molar-refractivity contribution is 5.76. The molecule has 3 aromatic heterocycles. The van der Waals surface area contributed by atoms with Crippen LogP contribution in [0, 0.1) is 0 Å². The molecular weight excluding hydrogens is 344 g/mol. The van der Waals surface area contributed by atoms with E-state index in [0.717, 1.165) is 17.5 Å². The van der Waals surface area contributed by atoms with Crippen LogP contribution in [0.25, 0.3) is 22.6 Å². The van der Waals surface area contributed by atoms with Gasteiger partial charge in [0.1, 0.15) is 5.82 Å². The van der Waals surface area contributed by atoms with Crippen molar-refractivity contribution in [3.8, 4) is 17.4 Å². The zero-order valence-electron chi connectivity index (χ0n) is 15.2. The van der Waals surface area contributed by atoms with E-state index < -0.39 is 0 Å². The van der Waals surface area contributed by atoms with Crippen molar-refractivity contribution in [2.45, 2.75) is 26.4 Å². The van der Waals surface area contributed by atoms with Crippen molar-refractivity contribution in [3.63, 3.8) is 0 Å². The molecule has 1 N–H and O–H groups in total. The van der Waals surface area contributed by atoms with Gasteiger partial charge in [-0.15, -0.1) is 0 Å². The molecule has 0 aliphatic heterocycles. The fraction of sp³-hybridized carbons (Fsp3) is 0.263. The van der Waals surface area contributed by atoms with E-state index >= 15 is 0 Å². The molecule has 27 heavy (non-hydrogen) atoms. The van der Waals surface area contributed by atoms with Crippen LogP contribution in [0.1, 0.15) is 18.9 Å². The molecule has 3 heterocycles. The Labute approximate surface area is 155 Å². The number of H-pyrrole nitrogens is 1. The summed E-state index contributed by atoms with van der Waals surface area (Å²) in [6.07, 6.45) is 4.57. The molecule has 8 heteroatoms. The summed E-state index contributed by atoms with van der Waals surface area (Å²) in [6.45, 7) is 3.38. The van der Waals surface area contributed by atoms with Crippen LogP contribution in [0.15, 0.2) is 47.5 Å². The van der Waals surface area contributed by atoms with E-state index in [4.69, 9.17) is 4.74 Å². The minimum atomic E-state index is -0.263. The maximum Gasteiger partial charge on any atom is 0.298 e. The highest BCUT2D eigenvalue weighted by Crippen LogP contribution is 2.23. The molecule has 0 radical (unpaired) electrons. The average Bonchev–Trinajstić information content (AvgIpc) is 3.27. The highest BCUT2D eigenvalue weighted by atomic mass is 16.5. The molecule has 138 valence electrons. The van der Waals surface area contributed by atoms with Gasteiger partial charge < -0.3 is 9.30 Å². The van der Waals surface area contributed by atoms with Gasteiger partial charge in [0.25, 0.3) is 11.6 Å². The number of fused-ring (bicyclic) bond motifs is 1. The third kappa shape index (κ3) is 3.21. The standard InChI is InChI=1S/C19H20N6O2/c1-3-9-25-15-16(22-19(27-2)23-18(15)26)21-17(25)14-10-20-24(12-14)11-13-7-5-4-6-8-13/h4-8,10,12H,3,9,11H2,1-2H3,(H,22,23,26). The summed E-state index contributed by atoms with van der Waals surface area (Å²) in [7, 11) is 1.46. The Bertz CT molecular complexity index is 1130. The summed E-state index contributed by atoms with van der Waals surface area (Å²) in [5.41, 5.74) is 2.56. The molecule has 0 saturated heterocycles. The Kier molecular flexibility index (Phi) is 4.45. The van der Waals surface area contributed by atoms with Gasteiger partial charge in [-0.05, 0) is 12.0 Å². The molecule has 0 aliphatic carbocycles. The molecule has 0 saturated carbocycles. The van der Waals surface area contributed by atoms with Gasteiger partial charge in [0, 0.05) is 12.7 Å². The van der Waals surface area contributed by atoms with E-state index in [9.17, 15) is 4.79 Å². The zero-order chi connectivity index (χ0) is 18.8. The van der Waals surface area contributed by atoms with Crippen LogP contribution < -0.4 is 10.3 Å². The first kappa shape index (κ1) is 17.0. The second-order valence-corrected chi connectivity index (χ2v) is 6.25. The molecular formula is C19H20N6O2. The maximum atomic E-state index is 12.5. The van der Waals surface area contributed by atoms with Gasteiger partial charge in [-0.1, -0.05) is 37.3 Å². The molecule has 1 aromatic carbocycles. The smallest absolute Gasteiger partial charge is 0.298 e. The first-order valence-electron chi connectivity index (χ1n) is 8.81. The molecule has 0 aliphatic rings. The van der Waals surface area contributed by atoms with Gasteiger partial charge in [0.05, 0.1) is 25.4 Å². The molecule has 4 aromatic rings. The minimum Gasteiger partial charge on any atom is -0.468 e. The van der Waals surface area contributed by atoms with E-state index in [-0.39, 0.29) is 11.6 Å². The fourth-order valence-corrected chi connectivity index (χ4v) is 3.12. The Morgan fingerprint density at radius 2 is 2.00 bits per heavy atom. The first-order chi connectivity index (χ1) is 13.2. The summed E-state index contributed by atoms with van der Waals surface area (Å²) in [6, 6.07) is 10.3. The largest absolute Gasteiger partial charge is 0.468 e. The predicted octanol–water partition coefficient (Wildman–Crippen LogP) is 2.45. The number of nitrogens with zero attached hydrogens (tertiary/aromatic N) is 5. The lowest BCUT2D eigenvalue weighted by atomic mass is 10.2. The minimum absolute atomic E-state index is 0.153. The average molecular weight is 364 g/mol. The van der Waals surface area contributed by atoms with E-state index in [1.54, 1.807) is 6.20 Å². The van der Waals surface area contributed by atoms with E-state index in [0.29, 0.717) is 30.1 Å². The monoisotopic (exact) mass is 364 g/mol. The normalized spacial score (nSPS) is 11.2. The third-order valence-electron chi connectivity index (χ3n) is 4.31. The summed E-state index contributed by atoms with van der Waals surface area (Å²) < 4.78 is 8.81. The molecule has 0 spiro atoms. The van der Waals surface area contributed by atoms with Crippen molar-refractivity contribution in [1.82, 2.24) is 29.3 Å². The first-order valence-corrected chi connectivity index (χ1v) is 8.81. The van der Waals surface area contributed by atoms with Crippen molar-refractivity contribution < 1.29 is 4.74 Å². The van der Waals surface area contributed by atoms with E-state index in [1.807, 2.05) is 33.6 Å². The summed E-state index contributed by atoms with van der Waals surface area (Å²) in [5.74, 6) is 0.678. The SMILES string of the molecule is CCCn1c(-c2cnn(Cc3ccccc3)c2)nc2nc(OC)[nH]c(=O)c21. The number of hydrogen-bond donors (Lipinski definition) is 1. The van der Waals surface area contributed by atoms with Gasteiger partial charge in [-0.2, -0.15) is 10.1 Å². The molecule has 0 unspecified atom stereocenters. The van der Waals surface area contributed by atoms with Gasteiger partial charge in [0.2, 0.25) is 0 Å². The Balaban J connectivity index is 1.78. The van der Waals surface area contributed by atoms with E-state index in [2.05, 4.69) is 39.1 Å². The summed E-state index contributed by atoms with van der Waals surface area (Å²) in [5, 5.41) is 4.45. The topological polar surface area (TPSA) is 90.6 Å². The number of aromatic nitrogens is 6. The van der Waals surface area contributed by atoms with Crippen molar-refractivity contribution in [2.75, 3.05) is 7.11 Å². The molecule has 8 nitrogen and oxygen atoms in total. The maximum absolute atomic E-state index is 12.5. The predicted molar refractivity (Wildman–Crippen MR) is 102 cm³/mol. The van der Waals surface area contributed by atoms with E-state index in [1.165, 1.54) is 7.11 Å². The van der Waals surface area contributed by atoms with Crippen LogP contribution in [0.2, 0.25) is 0 Å². The number of benzene rings is 1. The van der Waals surface area contributed by atoms with Crippen molar-refractivity contribution >= 4 is 11.2 Å². The Morgan fingerprint density at radius 3 is 2.74 bits per heavy atom. The number of imidazole rings is 1. The van der Waals surface area contributed by atoms with Gasteiger partial charge >= 0.3 is 0 Å². The number of ether oxygens (including phenoxy) is 1. The number of aryl methyl sites for hydroxylation is 1. The molecule has 0 amide bonds. The Hall–Kier alpha value is -3.42. The lowest BCUT2D eigenvalue weighted by Crippen LogP contribution is -2.13. The van der Waals surface area contributed by atoms with Crippen molar-refractivity contribution in [3.05, 3.63) is 58.6 Å². The van der Waals surface area contributed by atoms with Gasteiger partial charge in [0.15, 0.2) is 11.2 Å². The number of rotatable bonds is 6. The highest BCUT2D eigenvalue weighted by Gasteiger charge is 2.18. The van der Waals surface area contributed by atoms with Crippen molar-refractivity contribution in [2.24, 2.45) is 0 Å². The van der Waals surface area contributed by atoms with Crippen LogP contribution >= 0.6 is 0 Å². The third-order valence-corrected chi connectivity index (χ3v) is 4.31.